The molecule has 0 saturated heterocycles. The number of nitro benzene ring substituents is 1. The van der Waals surface area contributed by atoms with E-state index in [9.17, 15) is 23.1 Å². The number of hydrogen-bond donors (Lipinski definition) is 0. The zero-order valence-electron chi connectivity index (χ0n) is 9.32. The zero-order chi connectivity index (χ0) is 12.3. The van der Waals surface area contributed by atoms with Crippen molar-refractivity contribution in [3.63, 3.8) is 0 Å². The second-order valence-electron chi connectivity index (χ2n) is 3.18. The summed E-state index contributed by atoms with van der Waals surface area (Å²) in [5, 5.41) is 10.5. The van der Waals surface area contributed by atoms with Gasteiger partial charge in [0, 0.05) is 6.07 Å². The molecule has 0 amide bonds. The molecule has 1 rings (SSSR count). The molecule has 0 heterocycles. The third-order valence-corrected chi connectivity index (χ3v) is 1.91. The van der Waals surface area contributed by atoms with Gasteiger partial charge in [-0.15, -0.1) is 0 Å². The minimum Gasteiger partial charge on any atom is -0.490 e. The van der Waals surface area contributed by atoms with Crippen LogP contribution in [0.1, 0.15) is 5.56 Å². The maximum Gasteiger partial charge on any atom is 1.00 e. The Hall–Kier alpha value is -0.0887. The summed E-state index contributed by atoms with van der Waals surface area (Å²) in [6, 6.07) is 3.21. The van der Waals surface area contributed by atoms with Gasteiger partial charge in [0.05, 0.1) is 12.0 Å². The van der Waals surface area contributed by atoms with Crippen LogP contribution in [0, 0.1) is 10.1 Å². The topological polar surface area (TPSA) is 52.4 Å². The molecule has 17 heavy (non-hydrogen) atoms. The number of nitro groups is 1. The average Bonchev–Trinajstić information content (AvgIpc) is 2.15. The maximum atomic E-state index is 12.1. The Morgan fingerprint density at radius 3 is 2.41 bits per heavy atom. The van der Waals surface area contributed by atoms with Gasteiger partial charge in [-0.2, -0.15) is 0 Å². The molecule has 0 aliphatic heterocycles. The minimum absolute atomic E-state index is 0. The van der Waals surface area contributed by atoms with Crippen LogP contribution in [-0.4, -0.2) is 19.0 Å². The Labute approximate surface area is 138 Å². The van der Waals surface area contributed by atoms with Gasteiger partial charge in [0.25, 0.3) is 0 Å². The Kier molecular flexibility index (Phi) is 6.70. The molecule has 0 aromatic heterocycles. The molecule has 0 atom stereocenters. The van der Waals surface area contributed by atoms with E-state index in [0.29, 0.717) is 0 Å². The predicted octanol–water partition coefficient (Wildman–Crippen LogP) is -0.464. The molecule has 0 saturated carbocycles. The molecule has 9 heteroatoms. The van der Waals surface area contributed by atoms with Crippen molar-refractivity contribution in [2.24, 2.45) is 0 Å². The Bertz CT molecular complexity index is 413. The predicted molar refractivity (Wildman–Crippen MR) is 52.4 cm³/mol. The number of halogens is 3. The van der Waals surface area contributed by atoms with E-state index in [1.54, 1.807) is 0 Å². The SMILES string of the molecule is COc1ccc(C[B-](F)(F)F)cc1[N+](=O)[O-].[K+]. The monoisotopic (exact) mass is 273 g/mol. The second-order valence-corrected chi connectivity index (χ2v) is 3.18. The number of rotatable bonds is 4. The van der Waals surface area contributed by atoms with Crippen LogP contribution in [0.15, 0.2) is 18.2 Å². The van der Waals surface area contributed by atoms with E-state index < -0.39 is 23.9 Å². The summed E-state index contributed by atoms with van der Waals surface area (Å²) < 4.78 is 41.0. The largest absolute Gasteiger partial charge is 1.00 e. The molecule has 0 aliphatic carbocycles. The molecular weight excluding hydrogens is 265 g/mol. The molecule has 0 fully saturated rings. The van der Waals surface area contributed by atoms with Gasteiger partial charge in [0.1, 0.15) is 0 Å². The van der Waals surface area contributed by atoms with Crippen LogP contribution in [-0.2, 0) is 6.32 Å². The Morgan fingerprint density at radius 2 is 2.00 bits per heavy atom. The second kappa shape index (κ2) is 6.74. The number of ether oxygens (including phenoxy) is 1. The normalized spacial score (nSPS) is 10.6. The van der Waals surface area contributed by atoms with Crippen LogP contribution in [0.25, 0.3) is 0 Å². The first kappa shape index (κ1) is 16.9. The fourth-order valence-corrected chi connectivity index (χ4v) is 1.27. The summed E-state index contributed by atoms with van der Waals surface area (Å²) in [5.74, 6) is -0.0524. The molecule has 0 bridgehead atoms. The summed E-state index contributed by atoms with van der Waals surface area (Å²) in [6.45, 7) is -5.00. The van der Waals surface area contributed by atoms with Crippen molar-refractivity contribution in [1.82, 2.24) is 0 Å². The van der Waals surface area contributed by atoms with Gasteiger partial charge in [0.15, 0.2) is 5.75 Å². The van der Waals surface area contributed by atoms with E-state index in [0.717, 1.165) is 12.1 Å². The van der Waals surface area contributed by atoms with E-state index in [4.69, 9.17) is 0 Å². The Morgan fingerprint density at radius 1 is 1.41 bits per heavy atom. The van der Waals surface area contributed by atoms with Crippen molar-refractivity contribution in [3.05, 3.63) is 33.9 Å². The van der Waals surface area contributed by atoms with Crippen LogP contribution in [0.2, 0.25) is 0 Å². The first-order valence-electron chi connectivity index (χ1n) is 4.36. The fraction of sp³-hybridized carbons (Fsp3) is 0.250. The van der Waals surface area contributed by atoms with Crippen molar-refractivity contribution < 1.29 is 74.0 Å². The number of nitrogens with zero attached hydrogens (tertiary/aromatic N) is 1. The molecular formula is C8H8BF3KNO3. The van der Waals surface area contributed by atoms with Crippen LogP contribution >= 0.6 is 0 Å². The fourth-order valence-electron chi connectivity index (χ4n) is 1.27. The third kappa shape index (κ3) is 5.39. The number of methoxy groups -OCH3 is 1. The van der Waals surface area contributed by atoms with Gasteiger partial charge >= 0.3 is 64.0 Å². The van der Waals surface area contributed by atoms with Crippen molar-refractivity contribution >= 4 is 12.7 Å². The van der Waals surface area contributed by atoms with Crippen LogP contribution in [0.5, 0.6) is 5.75 Å². The minimum atomic E-state index is -5.00. The molecule has 88 valence electrons. The maximum absolute atomic E-state index is 12.1. The van der Waals surface area contributed by atoms with E-state index in [2.05, 4.69) is 4.74 Å². The smallest absolute Gasteiger partial charge is 0.490 e. The van der Waals surface area contributed by atoms with Crippen molar-refractivity contribution in [2.45, 2.75) is 6.32 Å². The quantitative estimate of drug-likeness (QED) is 0.423. The number of hydrogen-bond acceptors (Lipinski definition) is 3. The van der Waals surface area contributed by atoms with Gasteiger partial charge in [-0.3, -0.25) is 10.1 Å². The summed E-state index contributed by atoms with van der Waals surface area (Å²) in [4.78, 5) is 9.78. The summed E-state index contributed by atoms with van der Waals surface area (Å²) in [5.41, 5.74) is -0.597. The van der Waals surface area contributed by atoms with Crippen LogP contribution in [0.4, 0.5) is 18.6 Å². The molecule has 0 spiro atoms. The molecule has 0 aliphatic rings. The van der Waals surface area contributed by atoms with Crippen molar-refractivity contribution in [1.29, 1.82) is 0 Å². The Balaban J connectivity index is 0.00000256. The van der Waals surface area contributed by atoms with Gasteiger partial charge in [-0.05, 0) is 6.07 Å². The van der Waals surface area contributed by atoms with E-state index >= 15 is 0 Å². The van der Waals surface area contributed by atoms with Gasteiger partial charge in [-0.25, -0.2) is 0 Å². The molecule has 0 N–H and O–H groups in total. The zero-order valence-corrected chi connectivity index (χ0v) is 12.4. The van der Waals surface area contributed by atoms with Crippen molar-refractivity contribution in [2.75, 3.05) is 7.11 Å². The van der Waals surface area contributed by atoms with Gasteiger partial charge in [-0.1, -0.05) is 17.9 Å². The molecule has 1 aromatic carbocycles. The third-order valence-electron chi connectivity index (χ3n) is 1.91. The number of benzene rings is 1. The summed E-state index contributed by atoms with van der Waals surface area (Å²) in [6.07, 6.45) is -1.13. The standard InChI is InChI=1S/C8H8BF3NO3.K/c1-16-8-3-2-6(5-9(10,11)12)4-7(8)13(14)15;/h2-4H,5H2,1H3;/q-1;+1. The summed E-state index contributed by atoms with van der Waals surface area (Å²) >= 11 is 0. The average molecular weight is 273 g/mol. The van der Waals surface area contributed by atoms with E-state index in [1.165, 1.54) is 13.2 Å². The molecule has 1 aromatic rings. The summed E-state index contributed by atoms with van der Waals surface area (Å²) in [7, 11) is 1.22. The van der Waals surface area contributed by atoms with E-state index in [1.807, 2.05) is 0 Å². The van der Waals surface area contributed by atoms with Crippen LogP contribution in [0.3, 0.4) is 0 Å². The molecule has 0 unspecified atom stereocenters. The first-order valence-corrected chi connectivity index (χ1v) is 4.36. The first-order chi connectivity index (χ1) is 7.33. The van der Waals surface area contributed by atoms with Crippen molar-refractivity contribution in [3.8, 4) is 5.75 Å². The molecule has 4 nitrogen and oxygen atoms in total. The van der Waals surface area contributed by atoms with Crippen LogP contribution < -0.4 is 56.1 Å². The van der Waals surface area contributed by atoms with Gasteiger partial charge < -0.3 is 17.7 Å². The van der Waals surface area contributed by atoms with Gasteiger partial charge in [0.2, 0.25) is 0 Å². The molecule has 0 radical (unpaired) electrons. The van der Waals surface area contributed by atoms with E-state index in [-0.39, 0.29) is 62.7 Å².